The summed E-state index contributed by atoms with van der Waals surface area (Å²) in [4.78, 5) is 10.8. The number of hydrogen-bond acceptors (Lipinski definition) is 2. The van der Waals surface area contributed by atoms with Crippen LogP contribution in [0.1, 0.15) is 52.9 Å². The Morgan fingerprint density at radius 3 is 2.50 bits per heavy atom. The van der Waals surface area contributed by atoms with Crippen LogP contribution in [0.3, 0.4) is 0 Å². The molecule has 3 nitrogen and oxygen atoms in total. The van der Waals surface area contributed by atoms with Crippen molar-refractivity contribution in [3.8, 4) is 0 Å². The van der Waals surface area contributed by atoms with E-state index in [1.54, 1.807) is 0 Å². The van der Waals surface area contributed by atoms with Gasteiger partial charge in [0.25, 0.3) is 0 Å². The molecule has 0 aliphatic carbocycles. The van der Waals surface area contributed by atoms with E-state index in [0.717, 1.165) is 38.3 Å². The van der Waals surface area contributed by atoms with Crippen molar-refractivity contribution in [2.45, 2.75) is 52.9 Å². The molecule has 0 rings (SSSR count). The van der Waals surface area contributed by atoms with E-state index >= 15 is 0 Å². The van der Waals surface area contributed by atoms with Crippen LogP contribution in [0.5, 0.6) is 0 Å². The third kappa shape index (κ3) is 7.69. The van der Waals surface area contributed by atoms with Crippen LogP contribution in [0.2, 0.25) is 0 Å². The van der Waals surface area contributed by atoms with Crippen molar-refractivity contribution in [3.05, 3.63) is 0 Å². The third-order valence-corrected chi connectivity index (χ3v) is 3.02. The number of rotatable bonds is 10. The summed E-state index contributed by atoms with van der Waals surface area (Å²) in [5.74, 6) is -0.0804. The van der Waals surface area contributed by atoms with Gasteiger partial charge in [-0.1, -0.05) is 27.2 Å². The number of nitrogens with one attached hydrogen (secondary N) is 1. The van der Waals surface area contributed by atoms with Crippen molar-refractivity contribution < 1.29 is 9.90 Å². The van der Waals surface area contributed by atoms with Crippen molar-refractivity contribution in [3.63, 3.8) is 0 Å². The van der Waals surface area contributed by atoms with Gasteiger partial charge >= 0.3 is 5.97 Å². The lowest BCUT2D eigenvalue weighted by molar-refractivity contribution is -0.142. The summed E-state index contributed by atoms with van der Waals surface area (Å²) >= 11 is 0. The van der Waals surface area contributed by atoms with E-state index in [9.17, 15) is 4.79 Å². The molecule has 0 bridgehead atoms. The molecule has 0 fully saturated rings. The Hall–Kier alpha value is -0.570. The highest BCUT2D eigenvalue weighted by Crippen LogP contribution is 2.10. The van der Waals surface area contributed by atoms with E-state index in [1.807, 2.05) is 6.92 Å². The topological polar surface area (TPSA) is 49.3 Å². The first kappa shape index (κ1) is 15.4. The molecule has 0 radical (unpaired) electrons. The van der Waals surface area contributed by atoms with Crippen LogP contribution in [0.25, 0.3) is 0 Å². The summed E-state index contributed by atoms with van der Waals surface area (Å²) < 4.78 is 0. The van der Waals surface area contributed by atoms with Gasteiger partial charge in [-0.25, -0.2) is 0 Å². The number of hydrogen-bond donors (Lipinski definition) is 2. The summed E-state index contributed by atoms with van der Waals surface area (Å²) in [7, 11) is 0. The van der Waals surface area contributed by atoms with Crippen molar-refractivity contribution in [1.29, 1.82) is 0 Å². The lowest BCUT2D eigenvalue weighted by Gasteiger charge is -2.12. The van der Waals surface area contributed by atoms with Crippen LogP contribution >= 0.6 is 0 Å². The van der Waals surface area contributed by atoms with Crippen LogP contribution in [-0.2, 0) is 4.79 Å². The van der Waals surface area contributed by atoms with Crippen molar-refractivity contribution in [1.82, 2.24) is 5.32 Å². The molecular formula is C13H27NO2. The predicted molar refractivity (Wildman–Crippen MR) is 67.6 cm³/mol. The van der Waals surface area contributed by atoms with Crippen LogP contribution in [0, 0.1) is 11.8 Å². The van der Waals surface area contributed by atoms with Gasteiger partial charge in [0, 0.05) is 0 Å². The first-order chi connectivity index (χ1) is 7.61. The molecule has 2 N–H and O–H groups in total. The maximum atomic E-state index is 10.8. The number of carbonyl (C=O) groups is 1. The minimum Gasteiger partial charge on any atom is -0.481 e. The SMILES string of the molecule is CCCC(C)CNCCCC(CC)C(=O)O. The lowest BCUT2D eigenvalue weighted by atomic mass is 10.0. The van der Waals surface area contributed by atoms with Gasteiger partial charge in [0.2, 0.25) is 0 Å². The fourth-order valence-corrected chi connectivity index (χ4v) is 1.92. The molecule has 0 aromatic carbocycles. The molecule has 2 unspecified atom stereocenters. The van der Waals surface area contributed by atoms with Gasteiger partial charge in [0.1, 0.15) is 0 Å². The summed E-state index contributed by atoms with van der Waals surface area (Å²) in [6.45, 7) is 8.39. The molecular weight excluding hydrogens is 202 g/mol. The van der Waals surface area contributed by atoms with Crippen molar-refractivity contribution >= 4 is 5.97 Å². The molecule has 0 amide bonds. The Balaban J connectivity index is 3.42. The maximum Gasteiger partial charge on any atom is 0.306 e. The second-order valence-corrected chi connectivity index (χ2v) is 4.68. The van der Waals surface area contributed by atoms with Gasteiger partial charge in [0.05, 0.1) is 5.92 Å². The Morgan fingerprint density at radius 2 is 2.00 bits per heavy atom. The molecule has 96 valence electrons. The summed E-state index contributed by atoms with van der Waals surface area (Å²) in [5, 5.41) is 12.3. The minimum absolute atomic E-state index is 0.158. The Kier molecular flexibility index (Phi) is 9.30. The zero-order valence-electron chi connectivity index (χ0n) is 11.0. The zero-order chi connectivity index (χ0) is 12.4. The van der Waals surface area contributed by atoms with Gasteiger partial charge in [-0.3, -0.25) is 4.79 Å². The third-order valence-electron chi connectivity index (χ3n) is 3.02. The molecule has 16 heavy (non-hydrogen) atoms. The van der Waals surface area contributed by atoms with Gasteiger partial charge in [-0.15, -0.1) is 0 Å². The second kappa shape index (κ2) is 9.64. The van der Waals surface area contributed by atoms with Crippen molar-refractivity contribution in [2.24, 2.45) is 11.8 Å². The standard InChI is InChI=1S/C13H27NO2/c1-4-7-11(3)10-14-9-6-8-12(5-2)13(15)16/h11-12,14H,4-10H2,1-3H3,(H,15,16). The van der Waals surface area contributed by atoms with Crippen LogP contribution in [-0.4, -0.2) is 24.2 Å². The van der Waals surface area contributed by atoms with Gasteiger partial charge in [0.15, 0.2) is 0 Å². The highest BCUT2D eigenvalue weighted by molar-refractivity contribution is 5.69. The molecule has 3 heteroatoms. The quantitative estimate of drug-likeness (QED) is 0.566. The van der Waals surface area contributed by atoms with E-state index in [-0.39, 0.29) is 5.92 Å². The molecule has 0 aromatic rings. The predicted octanol–water partition coefficient (Wildman–Crippen LogP) is 2.90. The molecule has 0 aliphatic rings. The number of aliphatic carboxylic acids is 1. The maximum absolute atomic E-state index is 10.8. The van der Waals surface area contributed by atoms with E-state index in [0.29, 0.717) is 0 Å². The van der Waals surface area contributed by atoms with E-state index in [1.165, 1.54) is 12.8 Å². The lowest BCUT2D eigenvalue weighted by Crippen LogP contribution is -2.23. The molecule has 0 aliphatic heterocycles. The zero-order valence-corrected chi connectivity index (χ0v) is 11.0. The second-order valence-electron chi connectivity index (χ2n) is 4.68. The monoisotopic (exact) mass is 229 g/mol. The number of carboxylic acid groups (broad SMARTS) is 1. The summed E-state index contributed by atoms with van der Waals surface area (Å²) in [5.41, 5.74) is 0. The molecule has 0 saturated carbocycles. The van der Waals surface area contributed by atoms with Crippen LogP contribution in [0.4, 0.5) is 0 Å². The van der Waals surface area contributed by atoms with Crippen LogP contribution < -0.4 is 5.32 Å². The smallest absolute Gasteiger partial charge is 0.306 e. The number of carboxylic acids is 1. The highest BCUT2D eigenvalue weighted by Gasteiger charge is 2.13. The Bertz CT molecular complexity index is 183. The first-order valence-electron chi connectivity index (χ1n) is 6.55. The first-order valence-corrected chi connectivity index (χ1v) is 6.55. The molecule has 2 atom stereocenters. The van der Waals surface area contributed by atoms with Gasteiger partial charge < -0.3 is 10.4 Å². The molecule has 0 spiro atoms. The average molecular weight is 229 g/mol. The van der Waals surface area contributed by atoms with Gasteiger partial charge in [-0.05, 0) is 44.7 Å². The van der Waals surface area contributed by atoms with Gasteiger partial charge in [-0.2, -0.15) is 0 Å². The normalized spacial score (nSPS) is 14.7. The summed E-state index contributed by atoms with van der Waals surface area (Å²) in [6, 6.07) is 0. The molecule has 0 aromatic heterocycles. The fraction of sp³-hybridized carbons (Fsp3) is 0.923. The fourth-order valence-electron chi connectivity index (χ4n) is 1.92. The van der Waals surface area contributed by atoms with E-state index in [4.69, 9.17) is 5.11 Å². The molecule has 0 saturated heterocycles. The highest BCUT2D eigenvalue weighted by atomic mass is 16.4. The summed E-state index contributed by atoms with van der Waals surface area (Å²) in [6.07, 6.45) is 4.99. The van der Waals surface area contributed by atoms with Crippen molar-refractivity contribution in [2.75, 3.05) is 13.1 Å². The minimum atomic E-state index is -0.651. The Morgan fingerprint density at radius 1 is 1.31 bits per heavy atom. The van der Waals surface area contributed by atoms with E-state index < -0.39 is 5.97 Å². The average Bonchev–Trinajstić information content (AvgIpc) is 2.23. The van der Waals surface area contributed by atoms with Crippen LogP contribution in [0.15, 0.2) is 0 Å². The van der Waals surface area contributed by atoms with E-state index in [2.05, 4.69) is 19.2 Å². The largest absolute Gasteiger partial charge is 0.481 e. The molecule has 0 heterocycles. The Labute approximate surface area is 99.6 Å².